The van der Waals surface area contributed by atoms with E-state index in [0.717, 1.165) is 12.3 Å². The number of aromatic nitrogens is 1. The molecule has 0 aliphatic rings. The zero-order valence-electron chi connectivity index (χ0n) is 7.13. The number of hydrogen-bond donors (Lipinski definition) is 1. The van der Waals surface area contributed by atoms with Crippen LogP contribution in [0, 0.1) is 10.1 Å². The molecule has 0 bridgehead atoms. The van der Waals surface area contributed by atoms with E-state index in [2.05, 4.69) is 9.72 Å². The van der Waals surface area contributed by atoms with Gasteiger partial charge in [0.1, 0.15) is 5.56 Å². The van der Waals surface area contributed by atoms with Crippen LogP contribution in [0.4, 0.5) is 5.69 Å². The normalized spacial score (nSPS) is 9.50. The largest absolute Gasteiger partial charge is 0.477 e. The second-order valence-corrected chi connectivity index (χ2v) is 2.28. The molecule has 0 radical (unpaired) electrons. The summed E-state index contributed by atoms with van der Waals surface area (Å²) in [5.74, 6) is -1.70. The minimum absolute atomic E-state index is 0.310. The van der Waals surface area contributed by atoms with Gasteiger partial charge >= 0.3 is 11.7 Å². The lowest BCUT2D eigenvalue weighted by Crippen LogP contribution is -2.05. The van der Waals surface area contributed by atoms with Crippen LogP contribution in [-0.4, -0.2) is 28.1 Å². The minimum atomic E-state index is -1.39. The van der Waals surface area contributed by atoms with Crippen molar-refractivity contribution in [2.24, 2.45) is 0 Å². The van der Waals surface area contributed by atoms with E-state index >= 15 is 0 Å². The number of rotatable bonds is 3. The van der Waals surface area contributed by atoms with E-state index in [4.69, 9.17) is 5.11 Å². The number of hydrogen-bond acceptors (Lipinski definition) is 5. The first kappa shape index (κ1) is 9.90. The maximum Gasteiger partial charge on any atom is 0.345 e. The van der Waals surface area contributed by atoms with E-state index in [1.165, 1.54) is 7.11 Å². The first-order valence-electron chi connectivity index (χ1n) is 3.48. The average Bonchev–Trinajstić information content (AvgIpc) is 2.16. The molecule has 0 aliphatic carbocycles. The third-order valence-corrected chi connectivity index (χ3v) is 1.50. The molecular weight excluding hydrogens is 192 g/mol. The lowest BCUT2D eigenvalue weighted by molar-refractivity contribution is -0.386. The van der Waals surface area contributed by atoms with Crippen LogP contribution >= 0.6 is 0 Å². The van der Waals surface area contributed by atoms with Crippen LogP contribution in [0.25, 0.3) is 0 Å². The molecule has 1 heterocycles. The molecule has 0 atom stereocenters. The van der Waals surface area contributed by atoms with Gasteiger partial charge in [0.2, 0.25) is 0 Å². The molecule has 0 unspecified atom stereocenters. The molecule has 74 valence electrons. The van der Waals surface area contributed by atoms with Crippen molar-refractivity contribution < 1.29 is 19.6 Å². The van der Waals surface area contributed by atoms with Crippen molar-refractivity contribution in [1.29, 1.82) is 0 Å². The summed E-state index contributed by atoms with van der Waals surface area (Å²) in [5, 5.41) is 19.2. The van der Waals surface area contributed by atoms with Crippen LogP contribution in [0.1, 0.15) is 10.4 Å². The number of carbonyl (C=O) groups is 1. The Morgan fingerprint density at radius 2 is 2.36 bits per heavy atom. The lowest BCUT2D eigenvalue weighted by Gasteiger charge is -2.01. The highest BCUT2D eigenvalue weighted by Crippen LogP contribution is 2.27. The summed E-state index contributed by atoms with van der Waals surface area (Å²) in [5.41, 5.74) is -1.08. The minimum Gasteiger partial charge on any atom is -0.477 e. The van der Waals surface area contributed by atoms with E-state index in [9.17, 15) is 14.9 Å². The number of carboxylic acids is 1. The van der Waals surface area contributed by atoms with Crippen LogP contribution in [-0.2, 0) is 0 Å². The molecule has 0 fully saturated rings. The summed E-state index contributed by atoms with van der Waals surface area (Å²) in [6.45, 7) is 0. The van der Waals surface area contributed by atoms with E-state index in [1.54, 1.807) is 0 Å². The first-order chi connectivity index (χ1) is 6.57. The Kier molecular flexibility index (Phi) is 2.61. The van der Waals surface area contributed by atoms with Gasteiger partial charge in [-0.05, 0) is 6.07 Å². The highest BCUT2D eigenvalue weighted by atomic mass is 16.6. The highest BCUT2D eigenvalue weighted by Gasteiger charge is 2.26. The summed E-state index contributed by atoms with van der Waals surface area (Å²) in [7, 11) is 1.18. The van der Waals surface area contributed by atoms with E-state index in [0.29, 0.717) is 0 Å². The van der Waals surface area contributed by atoms with Gasteiger partial charge in [-0.25, -0.2) is 9.78 Å². The van der Waals surface area contributed by atoms with Gasteiger partial charge in [0, 0.05) is 6.20 Å². The number of nitro groups is 1. The Balaban J connectivity index is 3.43. The van der Waals surface area contributed by atoms with Gasteiger partial charge < -0.3 is 9.84 Å². The van der Waals surface area contributed by atoms with Crippen molar-refractivity contribution in [3.05, 3.63) is 27.9 Å². The summed E-state index contributed by atoms with van der Waals surface area (Å²) in [6, 6.07) is 1.04. The maximum atomic E-state index is 10.6. The smallest absolute Gasteiger partial charge is 0.345 e. The Labute approximate surface area is 78.1 Å². The predicted molar refractivity (Wildman–Crippen MR) is 44.4 cm³/mol. The van der Waals surface area contributed by atoms with Crippen LogP contribution in [0.2, 0.25) is 0 Å². The fourth-order valence-corrected chi connectivity index (χ4v) is 0.933. The summed E-state index contributed by atoms with van der Waals surface area (Å²) in [6.07, 6.45) is 1.13. The molecule has 1 aromatic rings. The Hall–Kier alpha value is -2.18. The molecule has 0 saturated heterocycles. The van der Waals surface area contributed by atoms with Gasteiger partial charge in [-0.2, -0.15) is 0 Å². The van der Waals surface area contributed by atoms with Crippen molar-refractivity contribution >= 4 is 11.7 Å². The van der Waals surface area contributed by atoms with Gasteiger partial charge in [0.25, 0.3) is 5.88 Å². The molecule has 0 saturated carbocycles. The number of methoxy groups -OCH3 is 1. The molecule has 7 nitrogen and oxygen atoms in total. The van der Waals surface area contributed by atoms with Gasteiger partial charge in [0.05, 0.1) is 12.0 Å². The molecule has 0 aromatic carbocycles. The van der Waals surface area contributed by atoms with Gasteiger partial charge in [-0.3, -0.25) is 10.1 Å². The number of carboxylic acid groups (broad SMARTS) is 1. The summed E-state index contributed by atoms with van der Waals surface area (Å²) in [4.78, 5) is 23.8. The first-order valence-corrected chi connectivity index (χ1v) is 3.48. The maximum absolute atomic E-state index is 10.6. The average molecular weight is 198 g/mol. The van der Waals surface area contributed by atoms with Crippen LogP contribution in [0.15, 0.2) is 12.3 Å². The van der Waals surface area contributed by atoms with Crippen LogP contribution < -0.4 is 4.74 Å². The molecule has 1 rings (SSSR count). The third kappa shape index (κ3) is 1.60. The van der Waals surface area contributed by atoms with Gasteiger partial charge in [-0.1, -0.05) is 0 Å². The summed E-state index contributed by atoms with van der Waals surface area (Å²) >= 11 is 0. The topological polar surface area (TPSA) is 103 Å². The fraction of sp³-hybridized carbons (Fsp3) is 0.143. The molecule has 0 spiro atoms. The van der Waals surface area contributed by atoms with Crippen molar-refractivity contribution in [3.63, 3.8) is 0 Å². The second kappa shape index (κ2) is 3.69. The van der Waals surface area contributed by atoms with Crippen molar-refractivity contribution in [1.82, 2.24) is 4.98 Å². The Morgan fingerprint density at radius 1 is 1.71 bits per heavy atom. The fourth-order valence-electron chi connectivity index (χ4n) is 0.933. The molecule has 0 amide bonds. The van der Waals surface area contributed by atoms with Gasteiger partial charge in [-0.15, -0.1) is 0 Å². The molecule has 14 heavy (non-hydrogen) atoms. The number of ether oxygens (including phenoxy) is 1. The molecule has 7 heteroatoms. The van der Waals surface area contributed by atoms with E-state index in [1.807, 2.05) is 0 Å². The standard InChI is InChI=1S/C7H6N2O5/c1-14-6-5(9(12)13)4(7(10)11)2-3-8-6/h2-3H,1H3,(H,10,11). The Morgan fingerprint density at radius 3 is 2.79 bits per heavy atom. The molecule has 0 aliphatic heterocycles. The van der Waals surface area contributed by atoms with Crippen LogP contribution in [0.5, 0.6) is 5.88 Å². The van der Waals surface area contributed by atoms with Crippen LogP contribution in [0.3, 0.4) is 0 Å². The van der Waals surface area contributed by atoms with Gasteiger partial charge in [0.15, 0.2) is 0 Å². The SMILES string of the molecule is COc1nccc(C(=O)O)c1[N+](=O)[O-]. The Bertz CT molecular complexity index is 390. The predicted octanol–water partition coefficient (Wildman–Crippen LogP) is 0.697. The molecule has 1 N–H and O–H groups in total. The zero-order valence-corrected chi connectivity index (χ0v) is 7.13. The zero-order chi connectivity index (χ0) is 10.7. The highest BCUT2D eigenvalue weighted by molar-refractivity contribution is 5.93. The van der Waals surface area contributed by atoms with E-state index in [-0.39, 0.29) is 5.88 Å². The number of pyridine rings is 1. The lowest BCUT2D eigenvalue weighted by atomic mass is 10.2. The number of aromatic carboxylic acids is 1. The summed E-state index contributed by atoms with van der Waals surface area (Å²) < 4.78 is 4.58. The van der Waals surface area contributed by atoms with Crippen molar-refractivity contribution in [2.75, 3.05) is 7.11 Å². The third-order valence-electron chi connectivity index (χ3n) is 1.50. The molecular formula is C7H6N2O5. The quantitative estimate of drug-likeness (QED) is 0.566. The number of nitrogens with zero attached hydrogens (tertiary/aromatic N) is 2. The van der Waals surface area contributed by atoms with Crippen molar-refractivity contribution in [2.45, 2.75) is 0 Å². The monoisotopic (exact) mass is 198 g/mol. The van der Waals surface area contributed by atoms with E-state index < -0.39 is 22.1 Å². The second-order valence-electron chi connectivity index (χ2n) is 2.28. The van der Waals surface area contributed by atoms with Crippen molar-refractivity contribution in [3.8, 4) is 5.88 Å². The molecule has 1 aromatic heterocycles.